The normalized spacial score (nSPS) is 21.9. The lowest BCUT2D eigenvalue weighted by atomic mass is 10.4. The Morgan fingerprint density at radius 1 is 1.25 bits per heavy atom. The van der Waals surface area contributed by atoms with E-state index >= 15 is 0 Å². The van der Waals surface area contributed by atoms with Crippen LogP contribution in [0.1, 0.15) is 12.8 Å². The van der Waals surface area contributed by atoms with Gasteiger partial charge in [-0.3, -0.25) is 13.8 Å². The molecule has 1 heterocycles. The molecule has 16 heavy (non-hydrogen) atoms. The Bertz CT molecular complexity index is 318. The molecule has 2 fully saturated rings. The van der Waals surface area contributed by atoms with Crippen molar-refractivity contribution in [1.82, 2.24) is 10.2 Å². The predicted octanol–water partition coefficient (Wildman–Crippen LogP) is -0.896. The molecule has 0 spiro atoms. The molecular weight excluding hydrogens is 228 g/mol. The van der Waals surface area contributed by atoms with Crippen molar-refractivity contribution in [3.63, 3.8) is 0 Å². The van der Waals surface area contributed by atoms with Gasteiger partial charge >= 0.3 is 11.8 Å². The molecule has 1 saturated carbocycles. The molecule has 0 bridgehead atoms. The first-order chi connectivity index (χ1) is 7.66. The van der Waals surface area contributed by atoms with Crippen LogP contribution in [0.5, 0.6) is 0 Å². The Labute approximate surface area is 97.0 Å². The minimum absolute atomic E-state index is 0.433. The van der Waals surface area contributed by atoms with E-state index in [-0.39, 0.29) is 0 Å². The molecule has 0 unspecified atom stereocenters. The van der Waals surface area contributed by atoms with Crippen LogP contribution in [0.15, 0.2) is 0 Å². The Kier molecular flexibility index (Phi) is 3.58. The highest BCUT2D eigenvalue weighted by Crippen LogP contribution is 2.27. The van der Waals surface area contributed by atoms with E-state index in [1.807, 2.05) is 0 Å². The summed E-state index contributed by atoms with van der Waals surface area (Å²) in [6.45, 7) is 1.48. The summed E-state index contributed by atoms with van der Waals surface area (Å²) in [5.41, 5.74) is 0. The van der Waals surface area contributed by atoms with E-state index in [1.165, 1.54) is 4.90 Å². The van der Waals surface area contributed by atoms with Crippen LogP contribution in [0.3, 0.4) is 0 Å². The van der Waals surface area contributed by atoms with Gasteiger partial charge in [-0.05, 0) is 18.8 Å². The SMILES string of the molecule is O=C(NCC1CC1)C(=O)N1CCS(=O)CC1. The van der Waals surface area contributed by atoms with Crippen LogP contribution in [-0.2, 0) is 20.4 Å². The number of carbonyl (C=O) groups is 2. The van der Waals surface area contributed by atoms with Crippen LogP contribution in [0.4, 0.5) is 0 Å². The summed E-state index contributed by atoms with van der Waals surface area (Å²) in [7, 11) is -0.817. The van der Waals surface area contributed by atoms with Gasteiger partial charge in [-0.2, -0.15) is 0 Å². The summed E-state index contributed by atoms with van der Waals surface area (Å²) in [4.78, 5) is 24.6. The topological polar surface area (TPSA) is 66.5 Å². The van der Waals surface area contributed by atoms with Gasteiger partial charge in [0, 0.05) is 41.9 Å². The van der Waals surface area contributed by atoms with Crippen LogP contribution in [0, 0.1) is 5.92 Å². The number of nitrogens with zero attached hydrogens (tertiary/aromatic N) is 1. The summed E-state index contributed by atoms with van der Waals surface area (Å²) in [5.74, 6) is 0.561. The van der Waals surface area contributed by atoms with Crippen molar-refractivity contribution in [2.45, 2.75) is 12.8 Å². The van der Waals surface area contributed by atoms with Crippen molar-refractivity contribution in [1.29, 1.82) is 0 Å². The lowest BCUT2D eigenvalue weighted by molar-refractivity contribution is -0.145. The zero-order chi connectivity index (χ0) is 11.5. The molecule has 2 amide bonds. The van der Waals surface area contributed by atoms with Crippen molar-refractivity contribution in [2.75, 3.05) is 31.1 Å². The molecule has 1 N–H and O–H groups in total. The first-order valence-corrected chi connectivity index (χ1v) is 7.07. The van der Waals surface area contributed by atoms with Crippen molar-refractivity contribution >= 4 is 22.6 Å². The van der Waals surface area contributed by atoms with E-state index in [1.54, 1.807) is 0 Å². The van der Waals surface area contributed by atoms with Crippen molar-refractivity contribution in [2.24, 2.45) is 5.92 Å². The van der Waals surface area contributed by atoms with E-state index in [9.17, 15) is 13.8 Å². The van der Waals surface area contributed by atoms with E-state index in [0.29, 0.717) is 37.1 Å². The van der Waals surface area contributed by atoms with Crippen molar-refractivity contribution in [3.8, 4) is 0 Å². The van der Waals surface area contributed by atoms with Crippen molar-refractivity contribution < 1.29 is 13.8 Å². The third-order valence-corrected chi connectivity index (χ3v) is 4.18. The Morgan fingerprint density at radius 2 is 1.88 bits per heavy atom. The lowest BCUT2D eigenvalue weighted by Crippen LogP contribution is -2.48. The molecule has 0 aromatic rings. The summed E-state index contributed by atoms with van der Waals surface area (Å²) < 4.78 is 11.1. The number of carbonyl (C=O) groups excluding carboxylic acids is 2. The second kappa shape index (κ2) is 4.95. The highest BCUT2D eigenvalue weighted by atomic mass is 32.2. The number of hydrogen-bond donors (Lipinski definition) is 1. The fourth-order valence-corrected chi connectivity index (χ4v) is 2.67. The number of nitrogens with one attached hydrogen (secondary N) is 1. The minimum Gasteiger partial charge on any atom is -0.348 e. The second-order valence-electron chi connectivity index (χ2n) is 4.29. The van der Waals surface area contributed by atoms with Gasteiger partial charge in [0.2, 0.25) is 0 Å². The number of amides is 2. The Balaban J connectivity index is 1.76. The van der Waals surface area contributed by atoms with Gasteiger partial charge in [0.25, 0.3) is 0 Å². The van der Waals surface area contributed by atoms with E-state index in [0.717, 1.165) is 12.8 Å². The Hall–Kier alpha value is -0.910. The summed E-state index contributed by atoms with van der Waals surface area (Å²) in [6.07, 6.45) is 2.30. The predicted molar refractivity (Wildman–Crippen MR) is 60.2 cm³/mol. The molecule has 0 atom stereocenters. The molecule has 2 aliphatic rings. The largest absolute Gasteiger partial charge is 0.348 e. The van der Waals surface area contributed by atoms with Crippen LogP contribution in [-0.4, -0.2) is 52.1 Å². The summed E-state index contributed by atoms with van der Waals surface area (Å²) in [6, 6.07) is 0. The van der Waals surface area contributed by atoms with E-state index in [2.05, 4.69) is 5.32 Å². The van der Waals surface area contributed by atoms with E-state index in [4.69, 9.17) is 0 Å². The summed E-state index contributed by atoms with van der Waals surface area (Å²) in [5, 5.41) is 2.65. The molecular formula is C10H16N2O3S. The minimum atomic E-state index is -0.817. The molecule has 5 nitrogen and oxygen atoms in total. The third-order valence-electron chi connectivity index (χ3n) is 2.91. The molecule has 0 aromatic carbocycles. The maximum atomic E-state index is 11.7. The second-order valence-corrected chi connectivity index (χ2v) is 5.99. The fourth-order valence-electron chi connectivity index (χ4n) is 1.62. The van der Waals surface area contributed by atoms with Gasteiger partial charge in [0.05, 0.1) is 0 Å². The Morgan fingerprint density at radius 3 is 2.44 bits per heavy atom. The monoisotopic (exact) mass is 244 g/mol. The molecule has 1 saturated heterocycles. The van der Waals surface area contributed by atoms with Gasteiger partial charge in [-0.25, -0.2) is 0 Å². The zero-order valence-electron chi connectivity index (χ0n) is 9.11. The number of hydrogen-bond acceptors (Lipinski definition) is 3. The average molecular weight is 244 g/mol. The highest BCUT2D eigenvalue weighted by molar-refractivity contribution is 7.85. The van der Waals surface area contributed by atoms with Crippen LogP contribution >= 0.6 is 0 Å². The van der Waals surface area contributed by atoms with Gasteiger partial charge in [-0.15, -0.1) is 0 Å². The lowest BCUT2D eigenvalue weighted by Gasteiger charge is -2.25. The highest BCUT2D eigenvalue weighted by Gasteiger charge is 2.27. The summed E-state index contributed by atoms with van der Waals surface area (Å²) >= 11 is 0. The zero-order valence-corrected chi connectivity index (χ0v) is 9.92. The van der Waals surface area contributed by atoms with Crippen LogP contribution in [0.25, 0.3) is 0 Å². The quantitative estimate of drug-likeness (QED) is 0.640. The maximum Gasteiger partial charge on any atom is 0.311 e. The van der Waals surface area contributed by atoms with Crippen LogP contribution in [0.2, 0.25) is 0 Å². The first-order valence-electron chi connectivity index (χ1n) is 5.59. The first kappa shape index (κ1) is 11.6. The van der Waals surface area contributed by atoms with Gasteiger partial charge in [0.1, 0.15) is 0 Å². The van der Waals surface area contributed by atoms with E-state index < -0.39 is 22.6 Å². The van der Waals surface area contributed by atoms with Gasteiger partial charge in [0.15, 0.2) is 0 Å². The molecule has 0 radical (unpaired) electrons. The maximum absolute atomic E-state index is 11.7. The molecule has 1 aliphatic heterocycles. The van der Waals surface area contributed by atoms with Crippen LogP contribution < -0.4 is 5.32 Å². The average Bonchev–Trinajstić information content (AvgIpc) is 3.10. The number of rotatable bonds is 2. The fraction of sp³-hybridized carbons (Fsp3) is 0.800. The van der Waals surface area contributed by atoms with Gasteiger partial charge < -0.3 is 10.2 Å². The molecule has 90 valence electrons. The molecule has 6 heteroatoms. The standard InChI is InChI=1S/C10H16N2O3S/c13-9(11-7-8-1-2-8)10(14)12-3-5-16(15)6-4-12/h8H,1-7H2,(H,11,13). The third kappa shape index (κ3) is 3.04. The van der Waals surface area contributed by atoms with Crippen molar-refractivity contribution in [3.05, 3.63) is 0 Å². The van der Waals surface area contributed by atoms with Gasteiger partial charge in [-0.1, -0.05) is 0 Å². The molecule has 0 aromatic heterocycles. The smallest absolute Gasteiger partial charge is 0.311 e. The molecule has 2 rings (SSSR count). The molecule has 1 aliphatic carbocycles.